The van der Waals surface area contributed by atoms with Gasteiger partial charge in [-0.3, -0.25) is 4.79 Å². The van der Waals surface area contributed by atoms with E-state index in [1.807, 2.05) is 53.7 Å². The average Bonchev–Trinajstić information content (AvgIpc) is 3.14. The Morgan fingerprint density at radius 1 is 0.537 bits per heavy atom. The van der Waals surface area contributed by atoms with E-state index < -0.39 is 0 Å². The highest BCUT2D eigenvalue weighted by Crippen LogP contribution is 2.36. The number of phenols is 1. The van der Waals surface area contributed by atoms with Crippen molar-refractivity contribution in [3.8, 4) is 81.2 Å². The molecule has 4 aromatic carbocycles. The lowest BCUT2D eigenvalue weighted by Gasteiger charge is -2.15. The number of hydrogen-bond acceptors (Lipinski definition) is 11. The average molecular weight is 741 g/mol. The van der Waals surface area contributed by atoms with Crippen LogP contribution < -0.4 is 42.6 Å². The zero-order chi connectivity index (χ0) is 39.6. The molecule has 1 N–H and O–H groups in total. The molecule has 0 atom stereocenters. The Balaban J connectivity index is 0.000000291. The Hall–Kier alpha value is -6.33. The van der Waals surface area contributed by atoms with E-state index in [9.17, 15) is 9.90 Å². The third kappa shape index (κ3) is 12.1. The van der Waals surface area contributed by atoms with Crippen LogP contribution in [0.4, 0.5) is 0 Å². The molecule has 0 fully saturated rings. The maximum atomic E-state index is 10.9. The molecule has 0 spiro atoms. The van der Waals surface area contributed by atoms with Gasteiger partial charge in [0.1, 0.15) is 11.5 Å². The van der Waals surface area contributed by atoms with Crippen LogP contribution in [0.5, 0.6) is 57.5 Å². The van der Waals surface area contributed by atoms with Gasteiger partial charge in [-0.25, -0.2) is 0 Å². The van der Waals surface area contributed by atoms with Crippen LogP contribution in [0, 0.1) is 23.7 Å². The first-order valence-corrected chi connectivity index (χ1v) is 17.2. The molecule has 4 rings (SSSR count). The molecule has 0 aliphatic carbocycles. The number of carbonyl (C=O) groups is 1. The van der Waals surface area contributed by atoms with Crippen molar-refractivity contribution < 1.29 is 52.5 Å². The maximum absolute atomic E-state index is 10.9. The first-order chi connectivity index (χ1) is 26.0. The second-order valence-electron chi connectivity index (χ2n) is 11.7. The molecule has 0 heterocycles. The number of ether oxygens (including phenoxy) is 9. The molecule has 11 heteroatoms. The molecular weight excluding hydrogens is 692 g/mol. The third-order valence-electron chi connectivity index (χ3n) is 7.06. The van der Waals surface area contributed by atoms with Crippen molar-refractivity contribution >= 4 is 6.47 Å². The zero-order valence-corrected chi connectivity index (χ0v) is 32.4. The predicted octanol–water partition coefficient (Wildman–Crippen LogP) is 7.82. The van der Waals surface area contributed by atoms with Gasteiger partial charge >= 0.3 is 0 Å². The summed E-state index contributed by atoms with van der Waals surface area (Å²) in [5, 5.41) is 10.2. The quantitative estimate of drug-likeness (QED) is 0.101. The fourth-order valence-electron chi connectivity index (χ4n) is 4.77. The van der Waals surface area contributed by atoms with Gasteiger partial charge in [0.2, 0.25) is 0 Å². The van der Waals surface area contributed by atoms with Gasteiger partial charge < -0.3 is 47.7 Å². The molecule has 11 nitrogen and oxygen atoms in total. The van der Waals surface area contributed by atoms with Crippen molar-refractivity contribution in [1.29, 1.82) is 0 Å². The fraction of sp³-hybridized carbons (Fsp3) is 0.326. The number of phenolic OH excluding ortho intramolecular Hbond substituents is 1. The second kappa shape index (κ2) is 21.3. The van der Waals surface area contributed by atoms with E-state index in [4.69, 9.17) is 42.6 Å². The molecule has 4 aromatic rings. The smallest absolute Gasteiger partial charge is 0.298 e. The number of carbonyl (C=O) groups excluding carboxylic acids is 1. The summed E-state index contributed by atoms with van der Waals surface area (Å²) in [6.45, 7) is 12.8. The van der Waals surface area contributed by atoms with Crippen molar-refractivity contribution in [3.63, 3.8) is 0 Å². The molecule has 0 radical (unpaired) electrons. The van der Waals surface area contributed by atoms with Gasteiger partial charge in [-0.15, -0.1) is 0 Å². The standard InChI is InChI=1S/C22H24O6.C21H24O5/c1-6-26-21-11-16(8-10-18(21)24-4)7-9-17-12-20(25-5)22(28-15(2)3)13-19(17)27-14-23;1-6-25-20-11-15(8-10-18(20)23-4)7-9-16-12-19(24-5)21(13-17(16)22)26-14(2)3/h8,10-15H,6H2,1-5H3;8,10-14,22H,6H2,1-5H3. The van der Waals surface area contributed by atoms with Gasteiger partial charge in [-0.1, -0.05) is 23.7 Å². The van der Waals surface area contributed by atoms with Crippen LogP contribution in [0.2, 0.25) is 0 Å². The van der Waals surface area contributed by atoms with Crippen LogP contribution in [-0.2, 0) is 4.79 Å². The van der Waals surface area contributed by atoms with Crippen molar-refractivity contribution in [2.24, 2.45) is 0 Å². The minimum absolute atomic E-state index is 0.0310. The van der Waals surface area contributed by atoms with Gasteiger partial charge in [0, 0.05) is 35.4 Å². The van der Waals surface area contributed by atoms with Crippen molar-refractivity contribution in [2.75, 3.05) is 41.7 Å². The minimum Gasteiger partial charge on any atom is -0.506 e. The van der Waals surface area contributed by atoms with E-state index >= 15 is 0 Å². The number of benzene rings is 4. The van der Waals surface area contributed by atoms with E-state index in [1.54, 1.807) is 63.8 Å². The van der Waals surface area contributed by atoms with Gasteiger partial charge in [-0.05, 0) is 77.9 Å². The van der Waals surface area contributed by atoms with Crippen LogP contribution in [0.25, 0.3) is 0 Å². The van der Waals surface area contributed by atoms with Crippen molar-refractivity contribution in [3.05, 3.63) is 82.9 Å². The minimum atomic E-state index is -0.0637. The fourth-order valence-corrected chi connectivity index (χ4v) is 4.77. The molecule has 54 heavy (non-hydrogen) atoms. The summed E-state index contributed by atoms with van der Waals surface area (Å²) in [6.07, 6.45) is -0.0947. The number of rotatable bonds is 14. The van der Waals surface area contributed by atoms with Gasteiger partial charge in [0.25, 0.3) is 6.47 Å². The lowest BCUT2D eigenvalue weighted by Crippen LogP contribution is -2.07. The van der Waals surface area contributed by atoms with Gasteiger partial charge in [0.15, 0.2) is 46.0 Å². The summed E-state index contributed by atoms with van der Waals surface area (Å²) >= 11 is 0. The van der Waals surface area contributed by atoms with Crippen LogP contribution in [0.3, 0.4) is 0 Å². The van der Waals surface area contributed by atoms with Crippen molar-refractivity contribution in [1.82, 2.24) is 0 Å². The van der Waals surface area contributed by atoms with Crippen LogP contribution in [0.15, 0.2) is 60.7 Å². The first kappa shape index (κ1) is 42.1. The summed E-state index contributed by atoms with van der Waals surface area (Å²) in [5.41, 5.74) is 2.42. The molecule has 0 saturated heterocycles. The lowest BCUT2D eigenvalue weighted by atomic mass is 10.1. The Labute approximate surface area is 318 Å². The highest BCUT2D eigenvalue weighted by Gasteiger charge is 2.14. The second-order valence-corrected chi connectivity index (χ2v) is 11.7. The molecule has 0 bridgehead atoms. The molecular formula is C43H48O11. The van der Waals surface area contributed by atoms with Crippen molar-refractivity contribution in [2.45, 2.75) is 53.8 Å². The predicted molar refractivity (Wildman–Crippen MR) is 206 cm³/mol. The Morgan fingerprint density at radius 2 is 0.981 bits per heavy atom. The van der Waals surface area contributed by atoms with Crippen LogP contribution >= 0.6 is 0 Å². The monoisotopic (exact) mass is 740 g/mol. The van der Waals surface area contributed by atoms with Crippen LogP contribution in [0.1, 0.15) is 63.8 Å². The molecule has 286 valence electrons. The summed E-state index contributed by atoms with van der Waals surface area (Å²) in [4.78, 5) is 10.9. The summed E-state index contributed by atoms with van der Waals surface area (Å²) in [7, 11) is 6.26. The summed E-state index contributed by atoms with van der Waals surface area (Å²) in [5.74, 6) is 16.9. The maximum Gasteiger partial charge on any atom is 0.298 e. The summed E-state index contributed by atoms with van der Waals surface area (Å²) < 4.78 is 48.8. The third-order valence-corrected chi connectivity index (χ3v) is 7.06. The number of hydrogen-bond donors (Lipinski definition) is 1. The molecule has 0 aliphatic heterocycles. The summed E-state index contributed by atoms with van der Waals surface area (Å²) in [6, 6.07) is 17.3. The van der Waals surface area contributed by atoms with Gasteiger partial charge in [0.05, 0.1) is 65.0 Å². The largest absolute Gasteiger partial charge is 0.506 e. The highest BCUT2D eigenvalue weighted by molar-refractivity contribution is 5.62. The zero-order valence-electron chi connectivity index (χ0n) is 32.4. The number of aromatic hydroxyl groups is 1. The van der Waals surface area contributed by atoms with Crippen LogP contribution in [-0.4, -0.2) is 65.4 Å². The Kier molecular flexibility index (Phi) is 16.6. The molecule has 0 unspecified atom stereocenters. The van der Waals surface area contributed by atoms with E-state index in [0.29, 0.717) is 76.8 Å². The van der Waals surface area contributed by atoms with Gasteiger partial charge in [-0.2, -0.15) is 0 Å². The van der Waals surface area contributed by atoms with E-state index in [1.165, 1.54) is 13.2 Å². The topological polar surface area (TPSA) is 120 Å². The molecule has 0 amide bonds. The molecule has 0 aromatic heterocycles. The van der Waals surface area contributed by atoms with E-state index in [0.717, 1.165) is 11.1 Å². The first-order valence-electron chi connectivity index (χ1n) is 17.2. The van der Waals surface area contributed by atoms with E-state index in [-0.39, 0.29) is 23.7 Å². The van der Waals surface area contributed by atoms with E-state index in [2.05, 4.69) is 23.7 Å². The number of methoxy groups -OCH3 is 4. The molecule has 0 saturated carbocycles. The lowest BCUT2D eigenvalue weighted by molar-refractivity contribution is -0.120. The Bertz CT molecular complexity index is 1980. The SMILES string of the molecule is CCOc1cc(C#Cc2cc(OC)c(OC(C)C)cc2O)ccc1OC.CCOc1cc(C#Cc2cc(OC)c(OC(C)C)cc2OC=O)ccc1OC. The normalized spacial score (nSPS) is 10.0. The highest BCUT2D eigenvalue weighted by atomic mass is 16.5. The molecule has 0 aliphatic rings. The Morgan fingerprint density at radius 3 is 1.41 bits per heavy atom.